The van der Waals surface area contributed by atoms with Gasteiger partial charge in [-0.05, 0) is 60.7 Å². The maximum atomic E-state index is 13.1. The van der Waals surface area contributed by atoms with Crippen molar-refractivity contribution < 1.29 is 18.7 Å². The van der Waals surface area contributed by atoms with Gasteiger partial charge in [-0.25, -0.2) is 0 Å². The van der Waals surface area contributed by atoms with E-state index < -0.39 is 0 Å². The Hall–Kier alpha value is -3.38. The van der Waals surface area contributed by atoms with Crippen LogP contribution >= 0.6 is 15.9 Å². The number of benzene rings is 3. The van der Waals surface area contributed by atoms with Crippen LogP contribution in [0.5, 0.6) is 5.75 Å². The summed E-state index contributed by atoms with van der Waals surface area (Å²) in [7, 11) is 1.58. The molecule has 0 bridgehead atoms. The topological polar surface area (TPSA) is 68.5 Å². The molecule has 30 heavy (non-hydrogen) atoms. The number of carbonyl (C=O) groups is 2. The number of fused-ring (bicyclic) bond motifs is 1. The van der Waals surface area contributed by atoms with Gasteiger partial charge in [-0.3, -0.25) is 9.59 Å². The highest BCUT2D eigenvalue weighted by atomic mass is 79.9. The number of rotatable bonds is 7. The number of furan rings is 1. The Kier molecular flexibility index (Phi) is 5.68. The van der Waals surface area contributed by atoms with E-state index in [2.05, 4.69) is 21.2 Å². The van der Waals surface area contributed by atoms with Gasteiger partial charge in [0.05, 0.1) is 19.3 Å². The Bertz CT molecular complexity index is 1210. The van der Waals surface area contributed by atoms with E-state index in [1.165, 1.54) is 0 Å². The third-order valence-electron chi connectivity index (χ3n) is 4.75. The van der Waals surface area contributed by atoms with Crippen LogP contribution in [0.15, 0.2) is 81.7 Å². The molecule has 0 atom stereocenters. The standard InChI is InChI=1S/C24H18BrNO4/c1-29-18-12-8-15(9-13-18)20(27)14-26-22-19-4-2-3-5-21(19)30-24(22)23(28)16-6-10-17(25)11-7-16/h2-13,26H,14H2,1H3. The van der Waals surface area contributed by atoms with Crippen LogP contribution in [0.2, 0.25) is 0 Å². The van der Waals surface area contributed by atoms with Crippen molar-refractivity contribution in [3.63, 3.8) is 0 Å². The fourth-order valence-electron chi connectivity index (χ4n) is 3.16. The molecule has 6 heteroatoms. The molecule has 0 unspecified atom stereocenters. The number of para-hydroxylation sites is 1. The first kappa shape index (κ1) is 19.9. The summed E-state index contributed by atoms with van der Waals surface area (Å²) in [4.78, 5) is 25.7. The number of hydrogen-bond acceptors (Lipinski definition) is 5. The molecule has 1 N–H and O–H groups in total. The van der Waals surface area contributed by atoms with Crippen LogP contribution in [0, 0.1) is 0 Å². The lowest BCUT2D eigenvalue weighted by Gasteiger charge is -2.07. The van der Waals surface area contributed by atoms with E-state index in [9.17, 15) is 9.59 Å². The monoisotopic (exact) mass is 463 g/mol. The SMILES string of the molecule is COc1ccc(C(=O)CNc2c(C(=O)c3ccc(Br)cc3)oc3ccccc23)cc1. The number of methoxy groups -OCH3 is 1. The molecule has 4 aromatic rings. The molecule has 0 aliphatic heterocycles. The Morgan fingerprint density at radius 2 is 1.60 bits per heavy atom. The third kappa shape index (κ3) is 4.00. The van der Waals surface area contributed by atoms with E-state index >= 15 is 0 Å². The highest BCUT2D eigenvalue weighted by Gasteiger charge is 2.22. The molecule has 0 aliphatic carbocycles. The summed E-state index contributed by atoms with van der Waals surface area (Å²) in [6.07, 6.45) is 0. The minimum absolute atomic E-state index is 0.0243. The molecule has 4 rings (SSSR count). The maximum Gasteiger partial charge on any atom is 0.230 e. The Morgan fingerprint density at radius 3 is 2.30 bits per heavy atom. The van der Waals surface area contributed by atoms with E-state index in [0.29, 0.717) is 28.1 Å². The fraction of sp³-hybridized carbons (Fsp3) is 0.0833. The predicted octanol–water partition coefficient (Wildman–Crippen LogP) is 5.73. The average molecular weight is 464 g/mol. The summed E-state index contributed by atoms with van der Waals surface area (Å²) >= 11 is 3.37. The van der Waals surface area contributed by atoms with Gasteiger partial charge in [-0.15, -0.1) is 0 Å². The van der Waals surface area contributed by atoms with Crippen molar-refractivity contribution in [2.75, 3.05) is 19.0 Å². The van der Waals surface area contributed by atoms with Gasteiger partial charge in [0.25, 0.3) is 0 Å². The second-order valence-electron chi connectivity index (χ2n) is 6.64. The molecule has 0 radical (unpaired) electrons. The van der Waals surface area contributed by atoms with Crippen LogP contribution in [-0.2, 0) is 0 Å². The van der Waals surface area contributed by atoms with Crippen molar-refractivity contribution in [2.45, 2.75) is 0 Å². The van der Waals surface area contributed by atoms with Gasteiger partial charge in [-0.1, -0.05) is 28.1 Å². The summed E-state index contributed by atoms with van der Waals surface area (Å²) in [5.41, 5.74) is 2.15. The lowest BCUT2D eigenvalue weighted by molar-refractivity contribution is 0.0997. The zero-order valence-corrected chi connectivity index (χ0v) is 17.7. The first-order valence-corrected chi connectivity index (χ1v) is 10.1. The lowest BCUT2D eigenvalue weighted by Crippen LogP contribution is -2.15. The van der Waals surface area contributed by atoms with Gasteiger partial charge in [0.1, 0.15) is 11.3 Å². The Labute approximate surface area is 181 Å². The van der Waals surface area contributed by atoms with Gasteiger partial charge in [0.15, 0.2) is 11.5 Å². The summed E-state index contributed by atoms with van der Waals surface area (Å²) in [6, 6.07) is 21.3. The molecule has 0 spiro atoms. The minimum Gasteiger partial charge on any atom is -0.497 e. The summed E-state index contributed by atoms with van der Waals surface area (Å²) in [6.45, 7) is 0.0243. The van der Waals surface area contributed by atoms with Crippen LogP contribution in [0.1, 0.15) is 26.5 Å². The number of ketones is 2. The first-order valence-electron chi connectivity index (χ1n) is 9.30. The largest absolute Gasteiger partial charge is 0.497 e. The number of ether oxygens (including phenoxy) is 1. The molecule has 1 aromatic heterocycles. The van der Waals surface area contributed by atoms with Crippen LogP contribution in [0.4, 0.5) is 5.69 Å². The summed E-state index contributed by atoms with van der Waals surface area (Å²) in [5.74, 6) is 0.506. The van der Waals surface area contributed by atoms with Gasteiger partial charge >= 0.3 is 0 Å². The van der Waals surface area contributed by atoms with Crippen molar-refractivity contribution in [3.8, 4) is 5.75 Å². The molecule has 0 amide bonds. The van der Waals surface area contributed by atoms with Crippen LogP contribution in [-0.4, -0.2) is 25.2 Å². The normalized spacial score (nSPS) is 10.7. The number of hydrogen-bond donors (Lipinski definition) is 1. The van der Waals surface area contributed by atoms with E-state index in [1.54, 1.807) is 61.7 Å². The van der Waals surface area contributed by atoms with E-state index in [4.69, 9.17) is 9.15 Å². The highest BCUT2D eigenvalue weighted by molar-refractivity contribution is 9.10. The van der Waals surface area contributed by atoms with Gasteiger partial charge in [0.2, 0.25) is 5.78 Å². The molecule has 0 aliphatic rings. The van der Waals surface area contributed by atoms with E-state index in [1.807, 2.05) is 18.2 Å². The quantitative estimate of drug-likeness (QED) is 0.354. The molecule has 3 aromatic carbocycles. The molecule has 5 nitrogen and oxygen atoms in total. The molecule has 0 saturated heterocycles. The molecule has 0 saturated carbocycles. The van der Waals surface area contributed by atoms with Gasteiger partial charge < -0.3 is 14.5 Å². The van der Waals surface area contributed by atoms with Crippen molar-refractivity contribution in [3.05, 3.63) is 94.2 Å². The number of carbonyl (C=O) groups excluding carboxylic acids is 2. The number of Topliss-reactive ketones (excluding diaryl/α,β-unsaturated/α-hetero) is 1. The van der Waals surface area contributed by atoms with E-state index in [-0.39, 0.29) is 23.9 Å². The average Bonchev–Trinajstić information content (AvgIpc) is 3.16. The van der Waals surface area contributed by atoms with Crippen LogP contribution in [0.25, 0.3) is 11.0 Å². The van der Waals surface area contributed by atoms with Crippen molar-refractivity contribution >= 4 is 44.2 Å². The van der Waals surface area contributed by atoms with Gasteiger partial charge in [-0.2, -0.15) is 0 Å². The predicted molar refractivity (Wildman–Crippen MR) is 120 cm³/mol. The minimum atomic E-state index is -0.252. The smallest absolute Gasteiger partial charge is 0.230 e. The molecular formula is C24H18BrNO4. The summed E-state index contributed by atoms with van der Waals surface area (Å²) in [5, 5.41) is 3.87. The third-order valence-corrected chi connectivity index (χ3v) is 5.27. The lowest BCUT2D eigenvalue weighted by atomic mass is 10.1. The summed E-state index contributed by atoms with van der Waals surface area (Å²) < 4.78 is 11.9. The second-order valence-corrected chi connectivity index (χ2v) is 7.56. The zero-order valence-electron chi connectivity index (χ0n) is 16.1. The van der Waals surface area contributed by atoms with Crippen LogP contribution < -0.4 is 10.1 Å². The van der Waals surface area contributed by atoms with Gasteiger partial charge in [0, 0.05) is 21.0 Å². The molecule has 1 heterocycles. The van der Waals surface area contributed by atoms with Crippen molar-refractivity contribution in [2.24, 2.45) is 0 Å². The number of halogens is 1. The Morgan fingerprint density at radius 1 is 0.933 bits per heavy atom. The maximum absolute atomic E-state index is 13.1. The number of nitrogens with one attached hydrogen (secondary N) is 1. The second kappa shape index (κ2) is 8.55. The molecule has 0 fully saturated rings. The first-order chi connectivity index (χ1) is 14.6. The zero-order chi connectivity index (χ0) is 21.1. The van der Waals surface area contributed by atoms with Crippen molar-refractivity contribution in [1.82, 2.24) is 0 Å². The van der Waals surface area contributed by atoms with Crippen molar-refractivity contribution in [1.29, 1.82) is 0 Å². The molecular weight excluding hydrogens is 446 g/mol. The van der Waals surface area contributed by atoms with Crippen LogP contribution in [0.3, 0.4) is 0 Å². The number of anilines is 1. The van der Waals surface area contributed by atoms with E-state index in [0.717, 1.165) is 9.86 Å². The fourth-order valence-corrected chi connectivity index (χ4v) is 3.43. The Balaban J connectivity index is 1.63. The highest BCUT2D eigenvalue weighted by Crippen LogP contribution is 2.32. The molecule has 150 valence electrons.